The molecule has 0 atom stereocenters. The van der Waals surface area contributed by atoms with E-state index in [1.165, 1.54) is 15.6 Å². The highest BCUT2D eigenvalue weighted by molar-refractivity contribution is 7.11. The average Bonchev–Trinajstić information content (AvgIpc) is 2.57. The van der Waals surface area contributed by atoms with Gasteiger partial charge in [0, 0.05) is 11.4 Å². The van der Waals surface area contributed by atoms with Crippen LogP contribution in [0.1, 0.15) is 29.4 Å². The zero-order valence-electron chi connectivity index (χ0n) is 10.1. The highest BCUT2D eigenvalue weighted by Crippen LogP contribution is 2.19. The Balaban J connectivity index is 2.65. The molecule has 0 aliphatic heterocycles. The highest BCUT2D eigenvalue weighted by atomic mass is 32.1. The number of hydrogen-bond acceptors (Lipinski definition) is 4. The molecule has 0 radical (unpaired) electrons. The lowest BCUT2D eigenvalue weighted by Gasteiger charge is -2.15. The Hall–Kier alpha value is -0.450. The van der Waals surface area contributed by atoms with Gasteiger partial charge < -0.3 is 5.32 Å². The van der Waals surface area contributed by atoms with Gasteiger partial charge in [0.25, 0.3) is 0 Å². The summed E-state index contributed by atoms with van der Waals surface area (Å²) >= 11 is 1.83. The minimum absolute atomic E-state index is 0.932. The average molecular weight is 227 g/mol. The fourth-order valence-electron chi connectivity index (χ4n) is 1.52. The van der Waals surface area contributed by atoms with E-state index in [-0.39, 0.29) is 0 Å². The summed E-state index contributed by atoms with van der Waals surface area (Å²) in [5, 5.41) is 4.41. The molecule has 0 spiro atoms. The van der Waals surface area contributed by atoms with Gasteiger partial charge in [0.2, 0.25) is 0 Å². The van der Waals surface area contributed by atoms with Crippen molar-refractivity contribution in [2.75, 3.05) is 20.1 Å². The molecule has 0 unspecified atom stereocenters. The van der Waals surface area contributed by atoms with Crippen molar-refractivity contribution in [3.05, 3.63) is 15.6 Å². The number of thiazole rings is 1. The number of nitrogens with one attached hydrogen (secondary N) is 1. The Labute approximate surface area is 96.5 Å². The van der Waals surface area contributed by atoms with E-state index >= 15 is 0 Å². The van der Waals surface area contributed by atoms with Gasteiger partial charge in [-0.25, -0.2) is 4.98 Å². The Morgan fingerprint density at radius 1 is 1.33 bits per heavy atom. The minimum Gasteiger partial charge on any atom is -0.315 e. The molecule has 0 bridgehead atoms. The highest BCUT2D eigenvalue weighted by Gasteiger charge is 2.09. The SMILES string of the molecule is CCN(CC)Cc1nc(C)c(CNC)s1. The summed E-state index contributed by atoms with van der Waals surface area (Å²) in [6.07, 6.45) is 0. The molecule has 1 N–H and O–H groups in total. The van der Waals surface area contributed by atoms with Crippen LogP contribution in [0.4, 0.5) is 0 Å². The third-order valence-electron chi connectivity index (χ3n) is 2.53. The van der Waals surface area contributed by atoms with E-state index < -0.39 is 0 Å². The van der Waals surface area contributed by atoms with Crippen LogP contribution in [0.5, 0.6) is 0 Å². The van der Waals surface area contributed by atoms with Crippen molar-refractivity contribution in [1.29, 1.82) is 0 Å². The fourth-order valence-corrected chi connectivity index (χ4v) is 2.64. The quantitative estimate of drug-likeness (QED) is 0.806. The summed E-state index contributed by atoms with van der Waals surface area (Å²) in [4.78, 5) is 8.35. The third kappa shape index (κ3) is 3.55. The van der Waals surface area contributed by atoms with Crippen LogP contribution in [-0.4, -0.2) is 30.0 Å². The monoisotopic (exact) mass is 227 g/mol. The normalized spacial score (nSPS) is 11.3. The molecule has 0 amide bonds. The van der Waals surface area contributed by atoms with Gasteiger partial charge in [0.1, 0.15) is 5.01 Å². The van der Waals surface area contributed by atoms with E-state index in [0.717, 1.165) is 26.2 Å². The molecule has 4 heteroatoms. The summed E-state index contributed by atoms with van der Waals surface area (Å²) in [5.41, 5.74) is 1.18. The summed E-state index contributed by atoms with van der Waals surface area (Å²) in [6, 6.07) is 0. The molecule has 1 aromatic rings. The molecule has 1 rings (SSSR count). The van der Waals surface area contributed by atoms with Crippen LogP contribution in [0.15, 0.2) is 0 Å². The summed E-state index contributed by atoms with van der Waals surface area (Å²) in [5.74, 6) is 0. The first kappa shape index (κ1) is 12.6. The fraction of sp³-hybridized carbons (Fsp3) is 0.727. The van der Waals surface area contributed by atoms with Crippen LogP contribution >= 0.6 is 11.3 Å². The maximum absolute atomic E-state index is 4.60. The van der Waals surface area contributed by atoms with Crippen LogP contribution in [0, 0.1) is 6.92 Å². The molecule has 1 heterocycles. The number of nitrogens with zero attached hydrogens (tertiary/aromatic N) is 2. The molecule has 86 valence electrons. The van der Waals surface area contributed by atoms with Crippen molar-refractivity contribution >= 4 is 11.3 Å². The van der Waals surface area contributed by atoms with E-state index in [2.05, 4.69) is 36.0 Å². The van der Waals surface area contributed by atoms with Gasteiger partial charge in [0.05, 0.1) is 12.2 Å². The van der Waals surface area contributed by atoms with Gasteiger partial charge in [-0.2, -0.15) is 0 Å². The van der Waals surface area contributed by atoms with Crippen molar-refractivity contribution in [3.8, 4) is 0 Å². The van der Waals surface area contributed by atoms with E-state index in [1.807, 2.05) is 18.4 Å². The predicted molar refractivity (Wildman–Crippen MR) is 66.2 cm³/mol. The maximum atomic E-state index is 4.60. The standard InChI is InChI=1S/C11H21N3S/c1-5-14(6-2)8-11-13-9(3)10(15-11)7-12-4/h12H,5-8H2,1-4H3. The van der Waals surface area contributed by atoms with E-state index in [0.29, 0.717) is 0 Å². The molecule has 0 saturated heterocycles. The largest absolute Gasteiger partial charge is 0.315 e. The number of aromatic nitrogens is 1. The lowest BCUT2D eigenvalue weighted by Crippen LogP contribution is -2.21. The lowest BCUT2D eigenvalue weighted by atomic mass is 10.4. The Morgan fingerprint density at radius 2 is 2.00 bits per heavy atom. The number of aryl methyl sites for hydroxylation is 1. The van der Waals surface area contributed by atoms with E-state index in [4.69, 9.17) is 0 Å². The second-order valence-electron chi connectivity index (χ2n) is 3.61. The van der Waals surface area contributed by atoms with Gasteiger partial charge in [-0.15, -0.1) is 11.3 Å². The molecule has 0 aliphatic rings. The smallest absolute Gasteiger partial charge is 0.107 e. The van der Waals surface area contributed by atoms with Gasteiger partial charge >= 0.3 is 0 Å². The molecule has 0 saturated carbocycles. The van der Waals surface area contributed by atoms with Crippen LogP contribution in [0.25, 0.3) is 0 Å². The van der Waals surface area contributed by atoms with Crippen molar-refractivity contribution < 1.29 is 0 Å². The second kappa shape index (κ2) is 6.20. The third-order valence-corrected chi connectivity index (χ3v) is 3.67. The molecular weight excluding hydrogens is 206 g/mol. The molecular formula is C11H21N3S. The summed E-state index contributed by atoms with van der Waals surface area (Å²) in [6.45, 7) is 10.6. The molecule has 0 aliphatic carbocycles. The Kier molecular flexibility index (Phi) is 5.22. The topological polar surface area (TPSA) is 28.2 Å². The van der Waals surface area contributed by atoms with Gasteiger partial charge in [0.15, 0.2) is 0 Å². The first-order chi connectivity index (χ1) is 7.21. The molecule has 0 aromatic carbocycles. The van der Waals surface area contributed by atoms with Gasteiger partial charge in [-0.05, 0) is 27.1 Å². The van der Waals surface area contributed by atoms with Crippen LogP contribution in [0.3, 0.4) is 0 Å². The molecule has 1 aromatic heterocycles. The van der Waals surface area contributed by atoms with E-state index in [1.54, 1.807) is 0 Å². The lowest BCUT2D eigenvalue weighted by molar-refractivity contribution is 0.295. The van der Waals surface area contributed by atoms with Crippen molar-refractivity contribution in [2.45, 2.75) is 33.9 Å². The first-order valence-electron chi connectivity index (χ1n) is 5.53. The van der Waals surface area contributed by atoms with Gasteiger partial charge in [-0.3, -0.25) is 4.90 Å². The maximum Gasteiger partial charge on any atom is 0.107 e. The predicted octanol–water partition coefficient (Wildman–Crippen LogP) is 2.01. The Morgan fingerprint density at radius 3 is 2.53 bits per heavy atom. The number of hydrogen-bond donors (Lipinski definition) is 1. The molecule has 15 heavy (non-hydrogen) atoms. The van der Waals surface area contributed by atoms with Gasteiger partial charge in [-0.1, -0.05) is 13.8 Å². The summed E-state index contributed by atoms with van der Waals surface area (Å²) < 4.78 is 0. The van der Waals surface area contributed by atoms with E-state index in [9.17, 15) is 0 Å². The van der Waals surface area contributed by atoms with Crippen LogP contribution in [0.2, 0.25) is 0 Å². The second-order valence-corrected chi connectivity index (χ2v) is 4.78. The zero-order chi connectivity index (χ0) is 11.3. The van der Waals surface area contributed by atoms with Crippen molar-refractivity contribution in [3.63, 3.8) is 0 Å². The number of rotatable bonds is 6. The molecule has 0 fully saturated rings. The van der Waals surface area contributed by atoms with Crippen molar-refractivity contribution in [2.24, 2.45) is 0 Å². The Bertz CT molecular complexity index is 292. The minimum atomic E-state index is 0.932. The van der Waals surface area contributed by atoms with Crippen molar-refractivity contribution in [1.82, 2.24) is 15.2 Å². The van der Waals surface area contributed by atoms with Crippen LogP contribution in [-0.2, 0) is 13.1 Å². The zero-order valence-corrected chi connectivity index (χ0v) is 10.9. The van der Waals surface area contributed by atoms with Crippen LogP contribution < -0.4 is 5.32 Å². The first-order valence-corrected chi connectivity index (χ1v) is 6.35. The molecule has 3 nitrogen and oxygen atoms in total. The summed E-state index contributed by atoms with van der Waals surface area (Å²) in [7, 11) is 1.98.